The Morgan fingerprint density at radius 1 is 0.938 bits per heavy atom. The van der Waals surface area contributed by atoms with Crippen molar-refractivity contribution in [1.29, 1.82) is 0 Å². The van der Waals surface area contributed by atoms with E-state index in [1.807, 2.05) is 30.3 Å². The molecule has 3 atom stereocenters. The summed E-state index contributed by atoms with van der Waals surface area (Å²) >= 11 is 0. The second-order valence-electron chi connectivity index (χ2n) is 8.51. The number of hydrogen-bond acceptors (Lipinski definition) is 4. The molecule has 7 heteroatoms. The summed E-state index contributed by atoms with van der Waals surface area (Å²) in [5, 5.41) is 12.3. The van der Waals surface area contributed by atoms with Crippen molar-refractivity contribution in [3.8, 4) is 0 Å². The van der Waals surface area contributed by atoms with Crippen LogP contribution in [0, 0.1) is 11.8 Å². The number of hydrogen-bond donors (Lipinski definition) is 2. The number of carboxylic acid groups (broad SMARTS) is 1. The first-order valence-corrected chi connectivity index (χ1v) is 11.0. The summed E-state index contributed by atoms with van der Waals surface area (Å²) in [4.78, 5) is 51.6. The Hall–Kier alpha value is -3.48. The molecular formula is C25H26N2O5. The van der Waals surface area contributed by atoms with Gasteiger partial charge in [-0.05, 0) is 36.5 Å². The highest BCUT2D eigenvalue weighted by Gasteiger charge is 2.40. The van der Waals surface area contributed by atoms with Gasteiger partial charge in [0, 0.05) is 18.9 Å². The number of nitrogens with one attached hydrogen (secondary N) is 1. The van der Waals surface area contributed by atoms with Gasteiger partial charge in [0.15, 0.2) is 0 Å². The van der Waals surface area contributed by atoms with E-state index in [1.165, 1.54) is 4.90 Å². The van der Waals surface area contributed by atoms with Crippen molar-refractivity contribution in [2.45, 2.75) is 38.1 Å². The quantitative estimate of drug-likeness (QED) is 0.652. The summed E-state index contributed by atoms with van der Waals surface area (Å²) in [6.45, 7) is 0.168. The minimum Gasteiger partial charge on any atom is -0.480 e. The number of aliphatic carboxylic acids is 1. The van der Waals surface area contributed by atoms with E-state index in [9.17, 15) is 24.3 Å². The molecule has 0 radical (unpaired) electrons. The minimum atomic E-state index is -1.09. The molecule has 32 heavy (non-hydrogen) atoms. The van der Waals surface area contributed by atoms with Crippen LogP contribution in [-0.4, -0.2) is 46.3 Å². The van der Waals surface area contributed by atoms with Crippen molar-refractivity contribution in [2.75, 3.05) is 6.54 Å². The summed E-state index contributed by atoms with van der Waals surface area (Å²) in [5.41, 5.74) is 1.61. The van der Waals surface area contributed by atoms with Gasteiger partial charge in [0.05, 0.1) is 11.1 Å². The van der Waals surface area contributed by atoms with E-state index in [4.69, 9.17) is 0 Å². The monoisotopic (exact) mass is 434 g/mol. The van der Waals surface area contributed by atoms with E-state index in [1.54, 1.807) is 24.3 Å². The predicted molar refractivity (Wildman–Crippen MR) is 117 cm³/mol. The van der Waals surface area contributed by atoms with Crippen molar-refractivity contribution in [3.05, 3.63) is 71.3 Å². The van der Waals surface area contributed by atoms with E-state index in [-0.39, 0.29) is 36.6 Å². The van der Waals surface area contributed by atoms with E-state index in [0.717, 1.165) is 18.4 Å². The van der Waals surface area contributed by atoms with Crippen LogP contribution in [0.1, 0.15) is 52.0 Å². The molecular weight excluding hydrogens is 408 g/mol. The van der Waals surface area contributed by atoms with Crippen molar-refractivity contribution in [3.63, 3.8) is 0 Å². The van der Waals surface area contributed by atoms with Crippen molar-refractivity contribution in [2.24, 2.45) is 11.8 Å². The Morgan fingerprint density at radius 2 is 1.53 bits per heavy atom. The van der Waals surface area contributed by atoms with Gasteiger partial charge in [-0.1, -0.05) is 55.3 Å². The largest absolute Gasteiger partial charge is 0.480 e. The summed E-state index contributed by atoms with van der Waals surface area (Å²) in [6, 6.07) is 14.9. The fraction of sp³-hybridized carbons (Fsp3) is 0.360. The van der Waals surface area contributed by atoms with Gasteiger partial charge in [-0.3, -0.25) is 19.3 Å². The Balaban J connectivity index is 1.46. The summed E-state index contributed by atoms with van der Waals surface area (Å²) in [5.74, 6) is -2.71. The first kappa shape index (κ1) is 21.7. The lowest BCUT2D eigenvalue weighted by molar-refractivity contribution is -0.143. The molecule has 1 aliphatic heterocycles. The molecule has 1 aliphatic carbocycles. The Morgan fingerprint density at radius 3 is 2.16 bits per heavy atom. The van der Waals surface area contributed by atoms with Gasteiger partial charge in [-0.25, -0.2) is 4.79 Å². The lowest BCUT2D eigenvalue weighted by Crippen LogP contribution is -2.49. The van der Waals surface area contributed by atoms with E-state index >= 15 is 0 Å². The van der Waals surface area contributed by atoms with E-state index in [0.29, 0.717) is 24.0 Å². The molecule has 1 fully saturated rings. The zero-order valence-corrected chi connectivity index (χ0v) is 17.7. The molecule has 0 bridgehead atoms. The average molecular weight is 434 g/mol. The normalized spacial score (nSPS) is 21.2. The fourth-order valence-electron chi connectivity index (χ4n) is 4.74. The van der Waals surface area contributed by atoms with Crippen LogP contribution in [0.2, 0.25) is 0 Å². The maximum Gasteiger partial charge on any atom is 0.326 e. The number of imide groups is 1. The second kappa shape index (κ2) is 9.34. The molecule has 166 valence electrons. The summed E-state index contributed by atoms with van der Waals surface area (Å²) in [6.07, 6.45) is 3.27. The summed E-state index contributed by atoms with van der Waals surface area (Å²) in [7, 11) is 0. The van der Waals surface area contributed by atoms with Crippen molar-refractivity contribution in [1.82, 2.24) is 10.2 Å². The molecule has 3 amide bonds. The zero-order chi connectivity index (χ0) is 22.7. The van der Waals surface area contributed by atoms with Gasteiger partial charge < -0.3 is 10.4 Å². The molecule has 1 saturated carbocycles. The summed E-state index contributed by atoms with van der Waals surface area (Å²) < 4.78 is 0. The third-order valence-corrected chi connectivity index (χ3v) is 6.44. The predicted octanol–water partition coefficient (Wildman–Crippen LogP) is 2.90. The number of amides is 3. The number of rotatable bonds is 7. The molecule has 2 N–H and O–H groups in total. The third kappa shape index (κ3) is 4.42. The second-order valence-corrected chi connectivity index (χ2v) is 8.51. The zero-order valence-electron chi connectivity index (χ0n) is 17.7. The molecule has 0 saturated heterocycles. The highest BCUT2D eigenvalue weighted by Crippen LogP contribution is 2.33. The molecule has 2 aromatic carbocycles. The van der Waals surface area contributed by atoms with Crippen molar-refractivity contribution < 1.29 is 24.3 Å². The Kier molecular flexibility index (Phi) is 6.35. The van der Waals surface area contributed by atoms with Gasteiger partial charge in [-0.15, -0.1) is 0 Å². The molecule has 0 aromatic heterocycles. The molecule has 1 heterocycles. The minimum absolute atomic E-state index is 0.168. The first-order valence-electron chi connectivity index (χ1n) is 11.0. The van der Waals surface area contributed by atoms with Crippen LogP contribution in [0.3, 0.4) is 0 Å². The smallest absolute Gasteiger partial charge is 0.326 e. The van der Waals surface area contributed by atoms with Crippen LogP contribution in [0.4, 0.5) is 0 Å². The van der Waals surface area contributed by atoms with E-state index < -0.39 is 17.9 Å². The molecule has 0 spiro atoms. The highest BCUT2D eigenvalue weighted by molar-refractivity contribution is 6.21. The van der Waals surface area contributed by atoms with Crippen LogP contribution >= 0.6 is 0 Å². The number of carbonyl (C=O) groups is 4. The standard InChI is InChI=1S/C25H26N2O5/c28-22(26-21(25(31)32)14-16-8-2-1-3-9-16)18-11-5-4-10-17(18)15-27-23(29)19-12-6-7-13-20(19)24(27)30/h1-3,6-9,12-13,17-18,21H,4-5,10-11,14-15H2,(H,26,28)(H,31,32). The average Bonchev–Trinajstić information content (AvgIpc) is 3.04. The van der Waals surface area contributed by atoms with Crippen LogP contribution in [-0.2, 0) is 16.0 Å². The number of fused-ring (bicyclic) bond motifs is 1. The number of carboxylic acids is 1. The molecule has 3 unspecified atom stereocenters. The van der Waals surface area contributed by atoms with Crippen molar-refractivity contribution >= 4 is 23.7 Å². The van der Waals surface area contributed by atoms with Gasteiger partial charge in [-0.2, -0.15) is 0 Å². The number of carbonyl (C=O) groups excluding carboxylic acids is 3. The maximum atomic E-state index is 13.1. The lowest BCUT2D eigenvalue weighted by atomic mass is 9.78. The fourth-order valence-corrected chi connectivity index (χ4v) is 4.74. The third-order valence-electron chi connectivity index (χ3n) is 6.44. The molecule has 7 nitrogen and oxygen atoms in total. The molecule has 2 aliphatic rings. The van der Waals surface area contributed by atoms with Gasteiger partial charge in [0.25, 0.3) is 11.8 Å². The van der Waals surface area contributed by atoms with Crippen LogP contribution in [0.5, 0.6) is 0 Å². The highest BCUT2D eigenvalue weighted by atomic mass is 16.4. The lowest BCUT2D eigenvalue weighted by Gasteiger charge is -2.33. The number of nitrogens with zero attached hydrogens (tertiary/aromatic N) is 1. The van der Waals surface area contributed by atoms with Gasteiger partial charge >= 0.3 is 5.97 Å². The van der Waals surface area contributed by atoms with Gasteiger partial charge in [0.1, 0.15) is 6.04 Å². The van der Waals surface area contributed by atoms with Crippen LogP contribution in [0.25, 0.3) is 0 Å². The number of benzene rings is 2. The Bertz CT molecular complexity index is 1000. The SMILES string of the molecule is O=C(O)C(Cc1ccccc1)NC(=O)C1CCCCC1CN1C(=O)c2ccccc2C1=O. The van der Waals surface area contributed by atoms with Crippen LogP contribution in [0.15, 0.2) is 54.6 Å². The van der Waals surface area contributed by atoms with E-state index in [2.05, 4.69) is 5.32 Å². The first-order chi connectivity index (χ1) is 15.5. The topological polar surface area (TPSA) is 104 Å². The molecule has 2 aromatic rings. The Labute approximate surface area is 186 Å². The maximum absolute atomic E-state index is 13.1. The van der Waals surface area contributed by atoms with Crippen LogP contribution < -0.4 is 5.32 Å². The van der Waals surface area contributed by atoms with Gasteiger partial charge in [0.2, 0.25) is 5.91 Å². The molecule has 4 rings (SSSR count).